The molecule has 1 fully saturated rings. The minimum absolute atomic E-state index is 0.0150. The zero-order valence-corrected chi connectivity index (χ0v) is 14.5. The number of carbonyl (C=O) groups excluding carboxylic acids is 1. The van der Waals surface area contributed by atoms with E-state index < -0.39 is 0 Å². The van der Waals surface area contributed by atoms with Crippen molar-refractivity contribution in [1.29, 1.82) is 0 Å². The van der Waals surface area contributed by atoms with Crippen molar-refractivity contribution in [1.82, 2.24) is 15.2 Å². The maximum atomic E-state index is 12.4. The van der Waals surface area contributed by atoms with Crippen LogP contribution in [0, 0.1) is 6.92 Å². The Morgan fingerprint density at radius 2 is 2.08 bits per heavy atom. The Morgan fingerprint density at radius 1 is 1.25 bits per heavy atom. The number of nitrogens with one attached hydrogen (secondary N) is 1. The third-order valence-corrected chi connectivity index (χ3v) is 4.95. The lowest BCUT2D eigenvalue weighted by Crippen LogP contribution is -2.48. The van der Waals surface area contributed by atoms with E-state index in [2.05, 4.69) is 41.5 Å². The molecule has 1 saturated carbocycles. The zero-order valence-electron chi connectivity index (χ0n) is 14.5. The topological polar surface area (TPSA) is 45.2 Å². The fraction of sp³-hybridized carbons (Fsp3) is 0.400. The molecule has 1 aromatic carbocycles. The molecule has 1 aromatic heterocycles. The van der Waals surface area contributed by atoms with Gasteiger partial charge in [0, 0.05) is 37.4 Å². The standard InChI is InChI=1S/C20H25N3O/c1-16-7-5-8-17(13-16)14-23(2)19(24)22-15-20(10-6-11-20)18-9-3-4-12-21-18/h3-5,7-9,12-13H,6,10-11,14-15H2,1-2H3,(H,22,24). The highest BCUT2D eigenvalue weighted by molar-refractivity contribution is 5.74. The van der Waals surface area contributed by atoms with Gasteiger partial charge in [-0.2, -0.15) is 0 Å². The third-order valence-electron chi connectivity index (χ3n) is 4.95. The van der Waals surface area contributed by atoms with Crippen molar-refractivity contribution >= 4 is 6.03 Å². The first-order valence-electron chi connectivity index (χ1n) is 8.55. The second-order valence-electron chi connectivity index (χ2n) is 6.85. The number of nitrogens with zero attached hydrogens (tertiary/aromatic N) is 2. The molecule has 3 rings (SSSR count). The number of amides is 2. The van der Waals surface area contributed by atoms with Crippen LogP contribution in [0.5, 0.6) is 0 Å². The van der Waals surface area contributed by atoms with Crippen molar-refractivity contribution in [3.63, 3.8) is 0 Å². The van der Waals surface area contributed by atoms with Crippen LogP contribution in [0.4, 0.5) is 4.79 Å². The van der Waals surface area contributed by atoms with Crippen LogP contribution >= 0.6 is 0 Å². The normalized spacial score (nSPS) is 15.4. The summed E-state index contributed by atoms with van der Waals surface area (Å²) in [6.45, 7) is 3.34. The van der Waals surface area contributed by atoms with Gasteiger partial charge in [-0.25, -0.2) is 4.79 Å². The number of benzene rings is 1. The predicted octanol–water partition coefficient (Wildman–Crippen LogP) is 3.65. The summed E-state index contributed by atoms with van der Waals surface area (Å²) in [7, 11) is 1.84. The summed E-state index contributed by atoms with van der Waals surface area (Å²) in [5.41, 5.74) is 3.47. The lowest BCUT2D eigenvalue weighted by molar-refractivity contribution is 0.188. The average Bonchev–Trinajstić information content (AvgIpc) is 2.54. The van der Waals surface area contributed by atoms with Gasteiger partial charge in [-0.05, 0) is 37.5 Å². The van der Waals surface area contributed by atoms with Gasteiger partial charge in [0.1, 0.15) is 0 Å². The van der Waals surface area contributed by atoms with E-state index in [1.807, 2.05) is 31.4 Å². The van der Waals surface area contributed by atoms with Gasteiger partial charge >= 0.3 is 6.03 Å². The molecule has 0 aliphatic heterocycles. The second-order valence-corrected chi connectivity index (χ2v) is 6.85. The van der Waals surface area contributed by atoms with Crippen LogP contribution in [0.15, 0.2) is 48.7 Å². The summed E-state index contributed by atoms with van der Waals surface area (Å²) in [6.07, 6.45) is 5.21. The zero-order chi connectivity index (χ0) is 17.0. The first-order valence-corrected chi connectivity index (χ1v) is 8.55. The van der Waals surface area contributed by atoms with Crippen LogP contribution in [-0.4, -0.2) is 29.5 Å². The van der Waals surface area contributed by atoms with Crippen LogP contribution in [0.1, 0.15) is 36.1 Å². The highest BCUT2D eigenvalue weighted by Gasteiger charge is 2.40. The van der Waals surface area contributed by atoms with E-state index in [0.29, 0.717) is 13.1 Å². The first kappa shape index (κ1) is 16.5. The van der Waals surface area contributed by atoms with Gasteiger partial charge in [0.15, 0.2) is 0 Å². The van der Waals surface area contributed by atoms with E-state index in [1.54, 1.807) is 4.90 Å². The molecular formula is C20H25N3O. The number of rotatable bonds is 5. The molecule has 2 aromatic rings. The molecule has 2 amide bonds. The molecule has 1 aliphatic carbocycles. The molecule has 1 aliphatic rings. The van der Waals surface area contributed by atoms with Crippen molar-refractivity contribution in [2.45, 2.75) is 38.1 Å². The molecule has 4 heteroatoms. The van der Waals surface area contributed by atoms with Gasteiger partial charge in [0.05, 0.1) is 0 Å². The summed E-state index contributed by atoms with van der Waals surface area (Å²) >= 11 is 0. The molecule has 1 N–H and O–H groups in total. The van der Waals surface area contributed by atoms with Gasteiger partial charge in [-0.3, -0.25) is 4.98 Å². The maximum absolute atomic E-state index is 12.4. The Kier molecular flexibility index (Phi) is 4.84. The SMILES string of the molecule is Cc1cccc(CN(C)C(=O)NCC2(c3ccccn3)CCC2)c1. The Hall–Kier alpha value is -2.36. The Labute approximate surface area is 143 Å². The number of aromatic nitrogens is 1. The number of carbonyl (C=O) groups is 1. The minimum atomic E-state index is -0.0290. The fourth-order valence-electron chi connectivity index (χ4n) is 3.34. The minimum Gasteiger partial charge on any atom is -0.337 e. The van der Waals surface area contributed by atoms with E-state index in [9.17, 15) is 4.79 Å². The smallest absolute Gasteiger partial charge is 0.317 e. The first-order chi connectivity index (χ1) is 11.6. The van der Waals surface area contributed by atoms with Gasteiger partial charge in [-0.1, -0.05) is 42.3 Å². The van der Waals surface area contributed by atoms with Crippen molar-refractivity contribution in [2.24, 2.45) is 0 Å². The molecule has 0 bridgehead atoms. The van der Waals surface area contributed by atoms with Crippen LogP contribution < -0.4 is 5.32 Å². The summed E-state index contributed by atoms with van der Waals surface area (Å²) in [6, 6.07) is 14.3. The van der Waals surface area contributed by atoms with Gasteiger partial charge < -0.3 is 10.2 Å². The largest absolute Gasteiger partial charge is 0.337 e. The summed E-state index contributed by atoms with van der Waals surface area (Å²) in [5, 5.41) is 3.11. The maximum Gasteiger partial charge on any atom is 0.317 e. The van der Waals surface area contributed by atoms with E-state index in [-0.39, 0.29) is 11.4 Å². The van der Waals surface area contributed by atoms with Crippen LogP contribution in [0.3, 0.4) is 0 Å². The van der Waals surface area contributed by atoms with Gasteiger partial charge in [0.2, 0.25) is 0 Å². The number of aryl methyl sites for hydroxylation is 1. The molecule has 0 atom stereocenters. The quantitative estimate of drug-likeness (QED) is 0.913. The monoisotopic (exact) mass is 323 g/mol. The number of urea groups is 1. The summed E-state index contributed by atoms with van der Waals surface area (Å²) < 4.78 is 0. The highest BCUT2D eigenvalue weighted by Crippen LogP contribution is 2.42. The number of hydrogen-bond acceptors (Lipinski definition) is 2. The average molecular weight is 323 g/mol. The third kappa shape index (κ3) is 3.58. The molecule has 0 saturated heterocycles. The van der Waals surface area contributed by atoms with E-state index in [4.69, 9.17) is 0 Å². The number of hydrogen-bond donors (Lipinski definition) is 1. The van der Waals surface area contributed by atoms with Crippen molar-refractivity contribution in [3.8, 4) is 0 Å². The Morgan fingerprint density at radius 3 is 2.71 bits per heavy atom. The fourth-order valence-corrected chi connectivity index (χ4v) is 3.34. The van der Waals surface area contributed by atoms with E-state index >= 15 is 0 Å². The second kappa shape index (κ2) is 7.04. The summed E-state index contributed by atoms with van der Waals surface area (Å²) in [4.78, 5) is 18.7. The van der Waals surface area contributed by atoms with Crippen LogP contribution in [0.2, 0.25) is 0 Å². The highest BCUT2D eigenvalue weighted by atomic mass is 16.2. The van der Waals surface area contributed by atoms with Crippen LogP contribution in [-0.2, 0) is 12.0 Å². The number of pyridine rings is 1. The summed E-state index contributed by atoms with van der Waals surface area (Å²) in [5.74, 6) is 0. The molecule has 126 valence electrons. The Balaban J connectivity index is 1.58. The van der Waals surface area contributed by atoms with Crippen molar-refractivity contribution in [2.75, 3.05) is 13.6 Å². The van der Waals surface area contributed by atoms with Crippen LogP contribution in [0.25, 0.3) is 0 Å². The lowest BCUT2D eigenvalue weighted by Gasteiger charge is -2.41. The molecule has 1 heterocycles. The van der Waals surface area contributed by atoms with E-state index in [0.717, 1.165) is 24.1 Å². The predicted molar refractivity (Wildman–Crippen MR) is 95.8 cm³/mol. The molecule has 4 nitrogen and oxygen atoms in total. The van der Waals surface area contributed by atoms with Crippen molar-refractivity contribution in [3.05, 3.63) is 65.5 Å². The molecule has 0 spiro atoms. The lowest BCUT2D eigenvalue weighted by atomic mass is 9.66. The van der Waals surface area contributed by atoms with Crippen molar-refractivity contribution < 1.29 is 4.79 Å². The Bertz CT molecular complexity index is 695. The molecule has 0 radical (unpaired) electrons. The molecule has 24 heavy (non-hydrogen) atoms. The van der Waals surface area contributed by atoms with E-state index in [1.165, 1.54) is 12.0 Å². The molecular weight excluding hydrogens is 298 g/mol. The molecule has 0 unspecified atom stereocenters. The van der Waals surface area contributed by atoms with Gasteiger partial charge in [0.25, 0.3) is 0 Å². The van der Waals surface area contributed by atoms with Gasteiger partial charge in [-0.15, -0.1) is 0 Å².